The Labute approximate surface area is 131 Å². The molecular formula is C17H35N3O. The Morgan fingerprint density at radius 1 is 1.05 bits per heavy atom. The lowest BCUT2D eigenvalue weighted by Crippen LogP contribution is -2.53. The van der Waals surface area contributed by atoms with E-state index in [-0.39, 0.29) is 0 Å². The molecule has 0 aromatic rings. The Morgan fingerprint density at radius 3 is 2.24 bits per heavy atom. The molecule has 0 amide bonds. The Morgan fingerprint density at radius 2 is 1.67 bits per heavy atom. The maximum absolute atomic E-state index is 5.60. The fraction of sp³-hybridized carbons (Fsp3) is 1.00. The van der Waals surface area contributed by atoms with Crippen LogP contribution in [0.2, 0.25) is 0 Å². The minimum atomic E-state index is 0.439. The summed E-state index contributed by atoms with van der Waals surface area (Å²) in [7, 11) is 0. The first-order valence-corrected chi connectivity index (χ1v) is 8.87. The first kappa shape index (κ1) is 17.2. The summed E-state index contributed by atoms with van der Waals surface area (Å²) in [4.78, 5) is 5.32. The fourth-order valence-corrected chi connectivity index (χ4v) is 3.71. The van der Waals surface area contributed by atoms with Gasteiger partial charge in [0.1, 0.15) is 0 Å². The number of nitrogens with zero attached hydrogens (tertiary/aromatic N) is 2. The van der Waals surface area contributed by atoms with E-state index in [9.17, 15) is 0 Å². The molecule has 0 unspecified atom stereocenters. The number of nitrogens with one attached hydrogen (secondary N) is 1. The van der Waals surface area contributed by atoms with Crippen LogP contribution in [-0.2, 0) is 4.74 Å². The Kier molecular flexibility index (Phi) is 6.93. The minimum absolute atomic E-state index is 0.439. The Hall–Kier alpha value is -0.160. The van der Waals surface area contributed by atoms with E-state index in [0.717, 1.165) is 32.2 Å². The van der Waals surface area contributed by atoms with E-state index in [1.807, 2.05) is 0 Å². The van der Waals surface area contributed by atoms with Crippen molar-refractivity contribution in [3.63, 3.8) is 0 Å². The first-order chi connectivity index (χ1) is 10.1. The van der Waals surface area contributed by atoms with Crippen molar-refractivity contribution in [1.29, 1.82) is 0 Å². The normalized spacial score (nSPS) is 24.6. The number of ether oxygens (including phenoxy) is 1. The van der Waals surface area contributed by atoms with Crippen LogP contribution in [0.5, 0.6) is 0 Å². The van der Waals surface area contributed by atoms with Gasteiger partial charge < -0.3 is 19.9 Å². The van der Waals surface area contributed by atoms with E-state index >= 15 is 0 Å². The summed E-state index contributed by atoms with van der Waals surface area (Å²) in [6, 6.07) is 0. The van der Waals surface area contributed by atoms with Gasteiger partial charge in [-0.15, -0.1) is 0 Å². The number of hydrogen-bond donors (Lipinski definition) is 1. The monoisotopic (exact) mass is 297 g/mol. The van der Waals surface area contributed by atoms with Gasteiger partial charge in [0.05, 0.1) is 0 Å². The van der Waals surface area contributed by atoms with Gasteiger partial charge in [-0.25, -0.2) is 0 Å². The van der Waals surface area contributed by atoms with Crippen LogP contribution in [0.25, 0.3) is 0 Å². The van der Waals surface area contributed by atoms with Gasteiger partial charge in [-0.3, -0.25) is 0 Å². The van der Waals surface area contributed by atoms with Gasteiger partial charge in [-0.2, -0.15) is 0 Å². The molecule has 2 fully saturated rings. The van der Waals surface area contributed by atoms with E-state index in [0.29, 0.717) is 5.41 Å². The summed E-state index contributed by atoms with van der Waals surface area (Å²) in [5, 5.41) is 3.59. The molecule has 0 bridgehead atoms. The molecule has 1 N–H and O–H groups in total. The number of piperazine rings is 1. The van der Waals surface area contributed by atoms with Crippen molar-refractivity contribution < 1.29 is 4.74 Å². The maximum atomic E-state index is 5.60. The van der Waals surface area contributed by atoms with Crippen LogP contribution in [0.4, 0.5) is 0 Å². The predicted molar refractivity (Wildman–Crippen MR) is 88.7 cm³/mol. The molecular weight excluding hydrogens is 262 g/mol. The molecule has 0 aromatic heterocycles. The lowest BCUT2D eigenvalue weighted by molar-refractivity contribution is -0.0127. The van der Waals surface area contributed by atoms with Crippen molar-refractivity contribution in [2.24, 2.45) is 11.3 Å². The van der Waals surface area contributed by atoms with E-state index in [1.165, 1.54) is 52.1 Å². The van der Waals surface area contributed by atoms with Crippen LogP contribution in [0.1, 0.15) is 33.6 Å². The van der Waals surface area contributed by atoms with E-state index in [4.69, 9.17) is 4.74 Å². The third-order valence-corrected chi connectivity index (χ3v) is 4.95. The number of hydrogen-bond acceptors (Lipinski definition) is 4. The first-order valence-electron chi connectivity index (χ1n) is 8.87. The summed E-state index contributed by atoms with van der Waals surface area (Å²) in [6.45, 7) is 18.4. The van der Waals surface area contributed by atoms with Crippen LogP contribution >= 0.6 is 0 Å². The molecule has 0 saturated carbocycles. The zero-order valence-electron chi connectivity index (χ0n) is 14.4. The molecule has 2 saturated heterocycles. The van der Waals surface area contributed by atoms with Crippen LogP contribution in [0, 0.1) is 11.3 Å². The summed E-state index contributed by atoms with van der Waals surface area (Å²) in [5.41, 5.74) is 0.439. The molecule has 0 spiro atoms. The second-order valence-electron chi connectivity index (χ2n) is 7.36. The highest BCUT2D eigenvalue weighted by atomic mass is 16.5. The second-order valence-corrected chi connectivity index (χ2v) is 7.36. The standard InChI is InChI=1S/C17H35N3O/c1-4-18-14-17(5-11-21-12-6-17)15-20-9-7-19(8-10-20)13-16(2)3/h16,18H,4-15H2,1-3H3. The van der Waals surface area contributed by atoms with Crippen molar-refractivity contribution in [1.82, 2.24) is 15.1 Å². The van der Waals surface area contributed by atoms with E-state index in [2.05, 4.69) is 35.9 Å². The molecule has 0 aromatic carbocycles. The van der Waals surface area contributed by atoms with Crippen LogP contribution in [0.15, 0.2) is 0 Å². The van der Waals surface area contributed by atoms with Gasteiger partial charge in [-0.05, 0) is 30.7 Å². The molecule has 124 valence electrons. The SMILES string of the molecule is CCNCC1(CN2CCN(CC(C)C)CC2)CCOCC1. The van der Waals surface area contributed by atoms with Crippen molar-refractivity contribution >= 4 is 0 Å². The lowest BCUT2D eigenvalue weighted by atomic mass is 9.79. The maximum Gasteiger partial charge on any atom is 0.0472 e. The summed E-state index contributed by atoms with van der Waals surface area (Å²) in [5.74, 6) is 0.784. The lowest BCUT2D eigenvalue weighted by Gasteiger charge is -2.44. The van der Waals surface area contributed by atoms with Crippen LogP contribution < -0.4 is 5.32 Å². The molecule has 2 rings (SSSR count). The largest absolute Gasteiger partial charge is 0.381 e. The zero-order valence-corrected chi connectivity index (χ0v) is 14.4. The molecule has 2 aliphatic heterocycles. The summed E-state index contributed by atoms with van der Waals surface area (Å²) in [6.07, 6.45) is 2.43. The van der Waals surface area contributed by atoms with Crippen molar-refractivity contribution in [3.8, 4) is 0 Å². The van der Waals surface area contributed by atoms with E-state index < -0.39 is 0 Å². The van der Waals surface area contributed by atoms with Crippen molar-refractivity contribution in [2.45, 2.75) is 33.6 Å². The average molecular weight is 297 g/mol. The highest BCUT2D eigenvalue weighted by molar-refractivity contribution is 4.88. The minimum Gasteiger partial charge on any atom is -0.381 e. The Balaban J connectivity index is 1.81. The van der Waals surface area contributed by atoms with Crippen molar-refractivity contribution in [3.05, 3.63) is 0 Å². The van der Waals surface area contributed by atoms with Gasteiger partial charge in [0.15, 0.2) is 0 Å². The topological polar surface area (TPSA) is 27.7 Å². The number of rotatable bonds is 7. The van der Waals surface area contributed by atoms with Gasteiger partial charge in [0, 0.05) is 59.0 Å². The highest BCUT2D eigenvalue weighted by Gasteiger charge is 2.34. The summed E-state index contributed by atoms with van der Waals surface area (Å²) >= 11 is 0. The van der Waals surface area contributed by atoms with E-state index in [1.54, 1.807) is 0 Å². The summed E-state index contributed by atoms with van der Waals surface area (Å²) < 4.78 is 5.60. The predicted octanol–water partition coefficient (Wildman–Crippen LogP) is 1.67. The molecule has 4 heteroatoms. The molecule has 0 radical (unpaired) electrons. The molecule has 4 nitrogen and oxygen atoms in total. The van der Waals surface area contributed by atoms with Gasteiger partial charge in [-0.1, -0.05) is 20.8 Å². The average Bonchev–Trinajstić information content (AvgIpc) is 2.48. The van der Waals surface area contributed by atoms with Crippen LogP contribution in [0.3, 0.4) is 0 Å². The quantitative estimate of drug-likeness (QED) is 0.773. The zero-order chi connectivity index (χ0) is 15.1. The smallest absolute Gasteiger partial charge is 0.0472 e. The van der Waals surface area contributed by atoms with Crippen LogP contribution in [-0.4, -0.2) is 75.4 Å². The van der Waals surface area contributed by atoms with Gasteiger partial charge in [0.25, 0.3) is 0 Å². The molecule has 2 aliphatic rings. The molecule has 2 heterocycles. The Bertz CT molecular complexity index is 282. The fourth-order valence-electron chi connectivity index (χ4n) is 3.71. The molecule has 0 atom stereocenters. The van der Waals surface area contributed by atoms with Crippen molar-refractivity contribution in [2.75, 3.05) is 65.6 Å². The van der Waals surface area contributed by atoms with Gasteiger partial charge in [0.2, 0.25) is 0 Å². The van der Waals surface area contributed by atoms with Gasteiger partial charge >= 0.3 is 0 Å². The molecule has 0 aliphatic carbocycles. The second kappa shape index (κ2) is 8.47. The molecule has 21 heavy (non-hydrogen) atoms. The third-order valence-electron chi connectivity index (χ3n) is 4.95. The third kappa shape index (κ3) is 5.51. The highest BCUT2D eigenvalue weighted by Crippen LogP contribution is 2.31.